The summed E-state index contributed by atoms with van der Waals surface area (Å²) in [6, 6.07) is 6.47. The van der Waals surface area contributed by atoms with E-state index in [1.165, 1.54) is 11.3 Å². The summed E-state index contributed by atoms with van der Waals surface area (Å²) < 4.78 is 26.0. The van der Waals surface area contributed by atoms with E-state index in [0.717, 1.165) is 6.42 Å². The van der Waals surface area contributed by atoms with E-state index in [0.29, 0.717) is 41.6 Å². The van der Waals surface area contributed by atoms with Gasteiger partial charge in [0.2, 0.25) is 21.8 Å². The van der Waals surface area contributed by atoms with E-state index in [4.69, 9.17) is 0 Å². The molecule has 1 aliphatic heterocycles. The van der Waals surface area contributed by atoms with Crippen LogP contribution in [0.1, 0.15) is 31.9 Å². The lowest BCUT2D eigenvalue weighted by Gasteiger charge is -2.10. The van der Waals surface area contributed by atoms with E-state index >= 15 is 0 Å². The van der Waals surface area contributed by atoms with E-state index in [1.54, 1.807) is 41.5 Å². The zero-order valence-electron chi connectivity index (χ0n) is 15.5. The van der Waals surface area contributed by atoms with Crippen molar-refractivity contribution in [3.05, 3.63) is 35.3 Å². The molecule has 1 aliphatic rings. The monoisotopic (exact) mass is 422 g/mol. The van der Waals surface area contributed by atoms with Crippen LogP contribution < -0.4 is 14.9 Å². The number of nitrogens with zero attached hydrogens (tertiary/aromatic N) is 2. The maximum atomic E-state index is 12.2. The van der Waals surface area contributed by atoms with Crippen molar-refractivity contribution in [3.8, 4) is 0 Å². The summed E-state index contributed by atoms with van der Waals surface area (Å²) in [5.41, 5.74) is 1.63. The Bertz CT molecular complexity index is 954. The molecule has 10 heteroatoms. The fraction of sp³-hybridized carbons (Fsp3) is 0.389. The Morgan fingerprint density at radius 2 is 1.96 bits per heavy atom. The number of anilines is 3. The second kappa shape index (κ2) is 8.70. The van der Waals surface area contributed by atoms with Gasteiger partial charge in [-0.05, 0) is 37.1 Å². The lowest BCUT2D eigenvalue weighted by atomic mass is 10.2. The first kappa shape index (κ1) is 20.3. The van der Waals surface area contributed by atoms with Gasteiger partial charge < -0.3 is 5.32 Å². The topological polar surface area (TPSA) is 108 Å². The van der Waals surface area contributed by atoms with Gasteiger partial charge in [-0.1, -0.05) is 6.92 Å². The van der Waals surface area contributed by atoms with Gasteiger partial charge in [0.1, 0.15) is 0 Å². The molecule has 2 aromatic rings. The second-order valence-corrected chi connectivity index (χ2v) is 9.17. The molecule has 8 nitrogen and oxygen atoms in total. The third-order valence-corrected chi connectivity index (χ3v) is 6.51. The molecule has 0 aliphatic carbocycles. The van der Waals surface area contributed by atoms with Crippen molar-refractivity contribution in [2.75, 3.05) is 27.2 Å². The number of carbonyl (C=O) groups excluding carboxylic acids is 2. The largest absolute Gasteiger partial charge is 0.326 e. The molecule has 0 unspecified atom stereocenters. The summed E-state index contributed by atoms with van der Waals surface area (Å²) in [7, 11) is -3.34. The van der Waals surface area contributed by atoms with E-state index in [9.17, 15) is 18.0 Å². The maximum absolute atomic E-state index is 12.2. The van der Waals surface area contributed by atoms with Crippen LogP contribution in [0.5, 0.6) is 0 Å². The zero-order valence-corrected chi connectivity index (χ0v) is 17.1. The number of amides is 2. The van der Waals surface area contributed by atoms with Gasteiger partial charge in [-0.3, -0.25) is 19.2 Å². The number of sulfonamides is 1. The van der Waals surface area contributed by atoms with Crippen LogP contribution in [0.4, 0.5) is 16.5 Å². The molecule has 3 rings (SSSR count). The van der Waals surface area contributed by atoms with E-state index in [-0.39, 0.29) is 24.0 Å². The van der Waals surface area contributed by atoms with Crippen molar-refractivity contribution in [1.82, 2.24) is 4.98 Å². The Balaban J connectivity index is 1.55. The van der Waals surface area contributed by atoms with E-state index < -0.39 is 10.0 Å². The highest BCUT2D eigenvalue weighted by Crippen LogP contribution is 2.25. The van der Waals surface area contributed by atoms with Crippen LogP contribution in [-0.4, -0.2) is 37.5 Å². The minimum Gasteiger partial charge on any atom is -0.326 e. The molecule has 1 aromatic carbocycles. The lowest BCUT2D eigenvalue weighted by Crippen LogP contribution is -2.23. The number of thiazole rings is 1. The van der Waals surface area contributed by atoms with Crippen molar-refractivity contribution < 1.29 is 18.0 Å². The third kappa shape index (κ3) is 5.29. The Morgan fingerprint density at radius 3 is 2.61 bits per heavy atom. The van der Waals surface area contributed by atoms with Gasteiger partial charge in [0.25, 0.3) is 0 Å². The molecule has 1 fully saturated rings. The molecular formula is C18H22N4O4S2. The molecule has 28 heavy (non-hydrogen) atoms. The fourth-order valence-electron chi connectivity index (χ4n) is 2.84. The van der Waals surface area contributed by atoms with Crippen LogP contribution in [0.15, 0.2) is 29.6 Å². The summed E-state index contributed by atoms with van der Waals surface area (Å²) in [4.78, 5) is 30.0. The number of hydrogen-bond acceptors (Lipinski definition) is 6. The normalized spacial score (nSPS) is 14.3. The summed E-state index contributed by atoms with van der Waals surface area (Å²) >= 11 is 1.36. The summed E-state index contributed by atoms with van der Waals surface area (Å²) in [5, 5.41) is 5.18. The van der Waals surface area contributed by atoms with Gasteiger partial charge in [-0.15, -0.1) is 11.3 Å². The van der Waals surface area contributed by atoms with Gasteiger partial charge in [0.05, 0.1) is 17.9 Å². The Hall–Kier alpha value is -2.46. The van der Waals surface area contributed by atoms with Crippen molar-refractivity contribution in [2.24, 2.45) is 0 Å². The van der Waals surface area contributed by atoms with Gasteiger partial charge in [0, 0.05) is 29.7 Å². The second-order valence-electron chi connectivity index (χ2n) is 6.49. The molecule has 0 spiro atoms. The molecule has 2 amide bonds. The van der Waals surface area contributed by atoms with Gasteiger partial charge in [0.15, 0.2) is 5.13 Å². The third-order valence-electron chi connectivity index (χ3n) is 4.10. The van der Waals surface area contributed by atoms with Crippen molar-refractivity contribution >= 4 is 49.7 Å². The van der Waals surface area contributed by atoms with Crippen LogP contribution in [0.25, 0.3) is 0 Å². The maximum Gasteiger partial charge on any atom is 0.232 e. The minimum absolute atomic E-state index is 0.0597. The fourth-order valence-corrected chi connectivity index (χ4v) is 4.84. The van der Waals surface area contributed by atoms with Crippen LogP contribution in [-0.2, 0) is 26.0 Å². The zero-order chi connectivity index (χ0) is 20.1. The first-order valence-electron chi connectivity index (χ1n) is 9.01. The first-order valence-corrected chi connectivity index (χ1v) is 11.5. The average molecular weight is 423 g/mol. The van der Waals surface area contributed by atoms with Crippen LogP contribution in [0, 0.1) is 0 Å². The van der Waals surface area contributed by atoms with Gasteiger partial charge in [-0.25, -0.2) is 13.4 Å². The highest BCUT2D eigenvalue weighted by Gasteiger charge is 2.24. The van der Waals surface area contributed by atoms with Crippen molar-refractivity contribution in [1.29, 1.82) is 0 Å². The molecule has 1 aromatic heterocycles. The molecule has 150 valence electrons. The molecule has 0 atom stereocenters. The highest BCUT2D eigenvalue weighted by atomic mass is 32.2. The highest BCUT2D eigenvalue weighted by molar-refractivity contribution is 7.92. The predicted molar refractivity (Wildman–Crippen MR) is 110 cm³/mol. The van der Waals surface area contributed by atoms with Crippen LogP contribution in [0.3, 0.4) is 0 Å². The van der Waals surface area contributed by atoms with Crippen molar-refractivity contribution in [2.45, 2.75) is 32.6 Å². The molecule has 1 saturated heterocycles. The van der Waals surface area contributed by atoms with Crippen LogP contribution in [0.2, 0.25) is 0 Å². The Morgan fingerprint density at radius 1 is 1.25 bits per heavy atom. The van der Waals surface area contributed by atoms with E-state index in [1.807, 2.05) is 0 Å². The quantitative estimate of drug-likeness (QED) is 0.680. The molecular weight excluding hydrogens is 400 g/mol. The minimum atomic E-state index is -3.34. The first-order chi connectivity index (χ1) is 13.4. The smallest absolute Gasteiger partial charge is 0.232 e. The number of rotatable bonds is 8. The number of hydrogen-bond donors (Lipinski definition) is 2. The molecule has 0 saturated carbocycles. The number of aromatic nitrogens is 1. The van der Waals surface area contributed by atoms with Crippen LogP contribution >= 0.6 is 11.3 Å². The molecule has 2 heterocycles. The number of benzene rings is 1. The summed E-state index contributed by atoms with van der Waals surface area (Å²) in [6.07, 6.45) is 2.01. The number of nitrogens with one attached hydrogen (secondary N) is 2. The van der Waals surface area contributed by atoms with Gasteiger partial charge in [-0.2, -0.15) is 0 Å². The molecule has 0 bridgehead atoms. The Labute approximate surface area is 168 Å². The standard InChI is InChI=1S/C18H22N4O4S2/c1-2-10-28(25,26)21-14-7-5-13(6-8-14)19-16(23)11-15-12-27-18(20-15)22-9-3-4-17(22)24/h5-8,12,21H,2-4,9-11H2,1H3,(H,19,23). The van der Waals surface area contributed by atoms with Gasteiger partial charge >= 0.3 is 0 Å². The summed E-state index contributed by atoms with van der Waals surface area (Å²) in [5.74, 6) is -0.103. The van der Waals surface area contributed by atoms with E-state index in [2.05, 4.69) is 15.0 Å². The van der Waals surface area contributed by atoms with Crippen molar-refractivity contribution in [3.63, 3.8) is 0 Å². The molecule has 0 radical (unpaired) electrons. The average Bonchev–Trinajstić information content (AvgIpc) is 3.25. The predicted octanol–water partition coefficient (Wildman–Crippen LogP) is 2.60. The number of carbonyl (C=O) groups is 2. The summed E-state index contributed by atoms with van der Waals surface area (Å²) in [6.45, 7) is 2.47. The SMILES string of the molecule is CCCS(=O)(=O)Nc1ccc(NC(=O)Cc2csc(N3CCCC3=O)n2)cc1. The Kier molecular flexibility index (Phi) is 6.30. The molecule has 2 N–H and O–H groups in total. The lowest BCUT2D eigenvalue weighted by molar-refractivity contribution is -0.117.